The molecule has 4 heteroatoms. The summed E-state index contributed by atoms with van der Waals surface area (Å²) in [6, 6.07) is 14.8. The molecule has 3 rings (SSSR count). The van der Waals surface area contributed by atoms with Crippen LogP contribution in [0.5, 0.6) is 0 Å². The molecule has 1 heterocycles. The smallest absolute Gasteiger partial charge is 0.342 e. The maximum Gasteiger partial charge on any atom is 0.342 e. The van der Waals surface area contributed by atoms with Gasteiger partial charge in [0.15, 0.2) is 6.73 Å². The van der Waals surface area contributed by atoms with Crippen molar-refractivity contribution in [3.05, 3.63) is 59.1 Å². The predicted octanol–water partition coefficient (Wildman–Crippen LogP) is 3.61. The van der Waals surface area contributed by atoms with Crippen LogP contribution in [-0.4, -0.2) is 12.7 Å². The van der Waals surface area contributed by atoms with Crippen LogP contribution >= 0.6 is 11.6 Å². The lowest BCUT2D eigenvalue weighted by Crippen LogP contribution is -2.30. The first-order chi connectivity index (χ1) is 8.75. The molecule has 0 fully saturated rings. The molecule has 0 amide bonds. The van der Waals surface area contributed by atoms with Gasteiger partial charge in [0.2, 0.25) is 0 Å². The fraction of sp³-hybridized carbons (Fsp3) is 0.0714. The van der Waals surface area contributed by atoms with Crippen LogP contribution in [0.4, 0.5) is 11.4 Å². The van der Waals surface area contributed by atoms with E-state index >= 15 is 0 Å². The number of anilines is 2. The van der Waals surface area contributed by atoms with E-state index in [1.165, 1.54) is 0 Å². The number of cyclic esters (lactones) is 1. The van der Waals surface area contributed by atoms with Crippen molar-refractivity contribution in [2.24, 2.45) is 0 Å². The number of rotatable bonds is 1. The van der Waals surface area contributed by atoms with E-state index in [1.54, 1.807) is 6.07 Å². The Morgan fingerprint density at radius 1 is 1.11 bits per heavy atom. The van der Waals surface area contributed by atoms with Gasteiger partial charge in [-0.3, -0.25) is 0 Å². The standard InChI is InChI=1S/C14H10ClNO2/c15-10-4-3-5-11(8-10)16-9-18-14(17)12-6-1-2-7-13(12)16/h1-8H,9H2. The molecule has 1 aliphatic heterocycles. The number of para-hydroxylation sites is 1. The van der Waals surface area contributed by atoms with E-state index in [4.69, 9.17) is 16.3 Å². The molecule has 0 radical (unpaired) electrons. The first-order valence-corrected chi connectivity index (χ1v) is 5.93. The summed E-state index contributed by atoms with van der Waals surface area (Å²) in [5.74, 6) is -0.288. The molecule has 3 nitrogen and oxygen atoms in total. The minimum atomic E-state index is -0.288. The molecule has 1 aliphatic rings. The average molecular weight is 260 g/mol. The maximum absolute atomic E-state index is 11.7. The fourth-order valence-corrected chi connectivity index (χ4v) is 2.19. The summed E-state index contributed by atoms with van der Waals surface area (Å²) in [6.45, 7) is 0.205. The number of carbonyl (C=O) groups is 1. The Hall–Kier alpha value is -2.00. The Bertz CT molecular complexity index is 612. The quantitative estimate of drug-likeness (QED) is 0.733. The molecule has 0 atom stereocenters. The summed E-state index contributed by atoms with van der Waals surface area (Å²) in [5.41, 5.74) is 2.32. The Kier molecular flexibility index (Phi) is 2.68. The molecular formula is C14H10ClNO2. The van der Waals surface area contributed by atoms with E-state index in [2.05, 4.69) is 0 Å². The highest BCUT2D eigenvalue weighted by Crippen LogP contribution is 2.33. The topological polar surface area (TPSA) is 29.5 Å². The zero-order valence-electron chi connectivity index (χ0n) is 9.47. The number of hydrogen-bond donors (Lipinski definition) is 0. The van der Waals surface area contributed by atoms with Crippen LogP contribution in [0.15, 0.2) is 48.5 Å². The second-order valence-corrected chi connectivity index (χ2v) is 4.42. The highest BCUT2D eigenvalue weighted by molar-refractivity contribution is 6.30. The molecule has 2 aromatic rings. The molecule has 18 heavy (non-hydrogen) atoms. The number of ether oxygens (including phenoxy) is 1. The van der Waals surface area contributed by atoms with E-state index in [9.17, 15) is 4.79 Å². The molecule has 0 unspecified atom stereocenters. The van der Waals surface area contributed by atoms with Gasteiger partial charge in [-0.05, 0) is 30.3 Å². The third kappa shape index (κ3) is 1.83. The van der Waals surface area contributed by atoms with Gasteiger partial charge in [-0.15, -0.1) is 0 Å². The van der Waals surface area contributed by atoms with Crippen molar-refractivity contribution in [2.75, 3.05) is 11.6 Å². The van der Waals surface area contributed by atoms with Crippen molar-refractivity contribution in [1.82, 2.24) is 0 Å². The molecule has 0 saturated carbocycles. The van der Waals surface area contributed by atoms with Gasteiger partial charge in [0, 0.05) is 10.7 Å². The van der Waals surface area contributed by atoms with Gasteiger partial charge >= 0.3 is 5.97 Å². The third-order valence-corrected chi connectivity index (χ3v) is 3.09. The number of nitrogens with zero attached hydrogens (tertiary/aromatic N) is 1. The first kappa shape index (κ1) is 11.1. The Morgan fingerprint density at radius 3 is 2.78 bits per heavy atom. The third-order valence-electron chi connectivity index (χ3n) is 2.86. The van der Waals surface area contributed by atoms with Gasteiger partial charge in [-0.2, -0.15) is 0 Å². The number of carbonyl (C=O) groups excluding carboxylic acids is 1. The first-order valence-electron chi connectivity index (χ1n) is 5.55. The van der Waals surface area contributed by atoms with E-state index in [0.29, 0.717) is 10.6 Å². The average Bonchev–Trinajstić information content (AvgIpc) is 2.39. The Morgan fingerprint density at radius 2 is 1.94 bits per heavy atom. The summed E-state index contributed by atoms with van der Waals surface area (Å²) >= 11 is 5.99. The second kappa shape index (κ2) is 4.35. The van der Waals surface area contributed by atoms with Gasteiger partial charge in [-0.1, -0.05) is 29.8 Å². The Balaban J connectivity index is 2.10. The molecule has 0 saturated heterocycles. The van der Waals surface area contributed by atoms with Gasteiger partial charge in [-0.25, -0.2) is 4.79 Å². The summed E-state index contributed by atoms with van der Waals surface area (Å²) in [7, 11) is 0. The number of halogens is 1. The number of hydrogen-bond acceptors (Lipinski definition) is 3. The van der Waals surface area contributed by atoms with E-state index in [-0.39, 0.29) is 12.7 Å². The van der Waals surface area contributed by atoms with Gasteiger partial charge in [0.1, 0.15) is 0 Å². The van der Waals surface area contributed by atoms with E-state index < -0.39 is 0 Å². The summed E-state index contributed by atoms with van der Waals surface area (Å²) < 4.78 is 5.16. The molecule has 0 spiro atoms. The number of fused-ring (bicyclic) bond motifs is 1. The maximum atomic E-state index is 11.7. The zero-order chi connectivity index (χ0) is 12.5. The predicted molar refractivity (Wildman–Crippen MR) is 70.3 cm³/mol. The fourth-order valence-electron chi connectivity index (χ4n) is 2.01. The lowest BCUT2D eigenvalue weighted by atomic mass is 10.1. The lowest BCUT2D eigenvalue weighted by Gasteiger charge is -2.30. The largest absolute Gasteiger partial charge is 0.440 e. The molecule has 2 aromatic carbocycles. The second-order valence-electron chi connectivity index (χ2n) is 3.99. The highest BCUT2D eigenvalue weighted by Gasteiger charge is 2.24. The lowest BCUT2D eigenvalue weighted by molar-refractivity contribution is 0.0494. The monoisotopic (exact) mass is 259 g/mol. The van der Waals surface area contributed by atoms with Gasteiger partial charge < -0.3 is 9.64 Å². The molecule has 0 aromatic heterocycles. The van der Waals surface area contributed by atoms with Crippen molar-refractivity contribution < 1.29 is 9.53 Å². The minimum absolute atomic E-state index is 0.205. The normalized spacial score (nSPS) is 14.1. The van der Waals surface area contributed by atoms with Crippen molar-refractivity contribution in [1.29, 1.82) is 0 Å². The summed E-state index contributed by atoms with van der Waals surface area (Å²) in [6.07, 6.45) is 0. The summed E-state index contributed by atoms with van der Waals surface area (Å²) in [5, 5.41) is 0.655. The molecule has 90 valence electrons. The van der Waals surface area contributed by atoms with Crippen LogP contribution in [0.1, 0.15) is 10.4 Å². The van der Waals surface area contributed by atoms with Crippen LogP contribution in [0.3, 0.4) is 0 Å². The van der Waals surface area contributed by atoms with Crippen molar-refractivity contribution in [2.45, 2.75) is 0 Å². The molecule has 0 N–H and O–H groups in total. The van der Waals surface area contributed by atoms with E-state index in [1.807, 2.05) is 47.4 Å². The zero-order valence-corrected chi connectivity index (χ0v) is 10.2. The van der Waals surface area contributed by atoms with E-state index in [0.717, 1.165) is 11.4 Å². The Labute approximate surface area is 110 Å². The van der Waals surface area contributed by atoms with Crippen LogP contribution in [0.25, 0.3) is 0 Å². The molecular weight excluding hydrogens is 250 g/mol. The van der Waals surface area contributed by atoms with Crippen molar-refractivity contribution >= 4 is 28.9 Å². The van der Waals surface area contributed by atoms with Gasteiger partial charge in [0.25, 0.3) is 0 Å². The van der Waals surface area contributed by atoms with Gasteiger partial charge in [0.05, 0.1) is 11.3 Å². The number of benzene rings is 2. The molecule has 0 bridgehead atoms. The number of esters is 1. The van der Waals surface area contributed by atoms with Crippen molar-refractivity contribution in [3.63, 3.8) is 0 Å². The van der Waals surface area contributed by atoms with Crippen LogP contribution in [0, 0.1) is 0 Å². The molecule has 0 aliphatic carbocycles. The highest BCUT2D eigenvalue weighted by atomic mass is 35.5. The van der Waals surface area contributed by atoms with Crippen LogP contribution in [0.2, 0.25) is 5.02 Å². The van der Waals surface area contributed by atoms with Crippen molar-refractivity contribution in [3.8, 4) is 0 Å². The van der Waals surface area contributed by atoms with Crippen LogP contribution in [-0.2, 0) is 4.74 Å². The minimum Gasteiger partial charge on any atom is -0.440 e. The summed E-state index contributed by atoms with van der Waals surface area (Å²) in [4.78, 5) is 13.6. The SMILES string of the molecule is O=C1OCN(c2cccc(Cl)c2)c2ccccc21. The van der Waals surface area contributed by atoms with Crippen LogP contribution < -0.4 is 4.90 Å².